The van der Waals surface area contributed by atoms with Crippen molar-refractivity contribution < 1.29 is 14.6 Å². The number of esters is 1. The lowest BCUT2D eigenvalue weighted by atomic mass is 10.3. The molecule has 1 aliphatic rings. The molecule has 2 aromatic heterocycles. The molecule has 0 amide bonds. The minimum absolute atomic E-state index is 0.263. The van der Waals surface area contributed by atoms with Gasteiger partial charge in [-0.15, -0.1) is 0 Å². The first-order valence-electron chi connectivity index (χ1n) is 6.63. The standard InChI is InChI=1S/C14H17N3O3/c1-20-14(19)13-11-4-2-3-6-17(11)12(15-13)9-16-7-5-10(18)8-16/h2-4,6,10,18H,5,7-9H2,1H3. The topological polar surface area (TPSA) is 67.1 Å². The minimum Gasteiger partial charge on any atom is -0.464 e. The zero-order valence-electron chi connectivity index (χ0n) is 11.3. The Bertz CT molecular complexity index is 638. The van der Waals surface area contributed by atoms with Crippen molar-refractivity contribution in [1.82, 2.24) is 14.3 Å². The van der Waals surface area contributed by atoms with E-state index in [2.05, 4.69) is 9.88 Å². The molecule has 0 saturated carbocycles. The Morgan fingerprint density at radius 1 is 1.55 bits per heavy atom. The molecule has 6 heteroatoms. The number of methoxy groups -OCH3 is 1. The molecule has 0 aromatic carbocycles. The third-order valence-electron chi connectivity index (χ3n) is 3.61. The van der Waals surface area contributed by atoms with E-state index in [0.29, 0.717) is 18.8 Å². The van der Waals surface area contributed by atoms with Gasteiger partial charge in [0, 0.05) is 19.3 Å². The molecule has 6 nitrogen and oxygen atoms in total. The van der Waals surface area contributed by atoms with Crippen LogP contribution >= 0.6 is 0 Å². The van der Waals surface area contributed by atoms with Gasteiger partial charge in [0.1, 0.15) is 5.82 Å². The van der Waals surface area contributed by atoms with E-state index in [0.717, 1.165) is 24.3 Å². The molecule has 1 aliphatic heterocycles. The van der Waals surface area contributed by atoms with Gasteiger partial charge < -0.3 is 14.2 Å². The molecule has 1 saturated heterocycles. The first-order valence-corrected chi connectivity index (χ1v) is 6.63. The number of ether oxygens (including phenoxy) is 1. The van der Waals surface area contributed by atoms with Crippen molar-refractivity contribution in [2.24, 2.45) is 0 Å². The van der Waals surface area contributed by atoms with Gasteiger partial charge in [0.2, 0.25) is 0 Å². The molecule has 1 unspecified atom stereocenters. The molecule has 0 radical (unpaired) electrons. The molecule has 2 aromatic rings. The fraction of sp³-hybridized carbons (Fsp3) is 0.429. The highest BCUT2D eigenvalue weighted by atomic mass is 16.5. The van der Waals surface area contributed by atoms with Gasteiger partial charge in [-0.3, -0.25) is 4.90 Å². The van der Waals surface area contributed by atoms with Crippen LogP contribution in [0, 0.1) is 0 Å². The van der Waals surface area contributed by atoms with E-state index in [-0.39, 0.29) is 6.10 Å². The summed E-state index contributed by atoms with van der Waals surface area (Å²) < 4.78 is 6.68. The average molecular weight is 275 g/mol. The molecule has 20 heavy (non-hydrogen) atoms. The number of likely N-dealkylation sites (tertiary alicyclic amines) is 1. The Labute approximate surface area is 116 Å². The third-order valence-corrected chi connectivity index (χ3v) is 3.61. The second kappa shape index (κ2) is 5.22. The number of hydrogen-bond acceptors (Lipinski definition) is 5. The largest absolute Gasteiger partial charge is 0.464 e. The van der Waals surface area contributed by atoms with Crippen LogP contribution in [0.1, 0.15) is 22.7 Å². The summed E-state index contributed by atoms with van der Waals surface area (Å²) in [4.78, 5) is 18.3. The van der Waals surface area contributed by atoms with Crippen LogP contribution < -0.4 is 0 Å². The summed E-state index contributed by atoms with van der Waals surface area (Å²) in [7, 11) is 1.35. The number of aliphatic hydroxyl groups excluding tert-OH is 1. The van der Waals surface area contributed by atoms with Crippen molar-refractivity contribution in [2.45, 2.75) is 19.1 Å². The molecule has 1 atom stereocenters. The van der Waals surface area contributed by atoms with E-state index in [1.54, 1.807) is 0 Å². The van der Waals surface area contributed by atoms with Crippen LogP contribution in [0.4, 0.5) is 0 Å². The van der Waals surface area contributed by atoms with Crippen LogP contribution in [0.5, 0.6) is 0 Å². The number of carbonyl (C=O) groups excluding carboxylic acids is 1. The molecular formula is C14H17N3O3. The van der Waals surface area contributed by atoms with Gasteiger partial charge in [-0.25, -0.2) is 9.78 Å². The second-order valence-electron chi connectivity index (χ2n) is 5.00. The first-order chi connectivity index (χ1) is 9.69. The predicted octanol–water partition coefficient (Wildman–Crippen LogP) is 0.687. The normalized spacial score (nSPS) is 19.6. The van der Waals surface area contributed by atoms with E-state index < -0.39 is 5.97 Å². The van der Waals surface area contributed by atoms with Crippen molar-refractivity contribution in [3.63, 3.8) is 0 Å². The van der Waals surface area contributed by atoms with Crippen LogP contribution in [-0.2, 0) is 11.3 Å². The lowest BCUT2D eigenvalue weighted by Crippen LogP contribution is -2.22. The maximum atomic E-state index is 11.8. The molecular weight excluding hydrogens is 258 g/mol. The van der Waals surface area contributed by atoms with Gasteiger partial charge in [0.05, 0.1) is 25.3 Å². The number of pyridine rings is 1. The van der Waals surface area contributed by atoms with Crippen molar-refractivity contribution >= 4 is 11.5 Å². The van der Waals surface area contributed by atoms with E-state index in [1.165, 1.54) is 7.11 Å². The van der Waals surface area contributed by atoms with E-state index in [1.807, 2.05) is 28.8 Å². The Hall–Kier alpha value is -1.92. The van der Waals surface area contributed by atoms with Gasteiger partial charge in [0.25, 0.3) is 0 Å². The van der Waals surface area contributed by atoms with Crippen LogP contribution in [0.25, 0.3) is 5.52 Å². The maximum Gasteiger partial charge on any atom is 0.358 e. The zero-order chi connectivity index (χ0) is 14.1. The summed E-state index contributed by atoms with van der Waals surface area (Å²) in [6, 6.07) is 5.62. The monoisotopic (exact) mass is 275 g/mol. The van der Waals surface area contributed by atoms with Gasteiger partial charge in [-0.2, -0.15) is 0 Å². The molecule has 3 heterocycles. The Balaban J connectivity index is 1.96. The number of hydrogen-bond donors (Lipinski definition) is 1. The summed E-state index contributed by atoms with van der Waals surface area (Å²) in [6.07, 6.45) is 2.41. The summed E-state index contributed by atoms with van der Waals surface area (Å²) >= 11 is 0. The van der Waals surface area contributed by atoms with Crippen molar-refractivity contribution in [1.29, 1.82) is 0 Å². The number of aliphatic hydroxyl groups is 1. The quantitative estimate of drug-likeness (QED) is 0.835. The smallest absolute Gasteiger partial charge is 0.358 e. The second-order valence-corrected chi connectivity index (χ2v) is 5.00. The van der Waals surface area contributed by atoms with E-state index >= 15 is 0 Å². The Morgan fingerprint density at radius 3 is 3.10 bits per heavy atom. The van der Waals surface area contributed by atoms with Gasteiger partial charge in [-0.1, -0.05) is 6.07 Å². The summed E-state index contributed by atoms with van der Waals surface area (Å²) in [6.45, 7) is 2.10. The highest BCUT2D eigenvalue weighted by Gasteiger charge is 2.23. The number of β-amino-alcohol motifs (C(OH)–C–C–N with tert-alkyl or cyclic N) is 1. The van der Waals surface area contributed by atoms with E-state index in [4.69, 9.17) is 4.74 Å². The first kappa shape index (κ1) is 13.1. The van der Waals surface area contributed by atoms with Gasteiger partial charge in [-0.05, 0) is 18.6 Å². The highest BCUT2D eigenvalue weighted by Crippen LogP contribution is 2.18. The predicted molar refractivity (Wildman–Crippen MR) is 72.4 cm³/mol. The molecule has 106 valence electrons. The summed E-state index contributed by atoms with van der Waals surface area (Å²) in [5.74, 6) is 0.358. The lowest BCUT2D eigenvalue weighted by Gasteiger charge is -2.13. The lowest BCUT2D eigenvalue weighted by molar-refractivity contribution is 0.0596. The van der Waals surface area contributed by atoms with Crippen molar-refractivity contribution in [3.05, 3.63) is 35.9 Å². The maximum absolute atomic E-state index is 11.8. The number of aromatic nitrogens is 2. The molecule has 0 aliphatic carbocycles. The summed E-state index contributed by atoms with van der Waals surface area (Å²) in [5, 5.41) is 9.58. The molecule has 0 bridgehead atoms. The SMILES string of the molecule is COC(=O)c1nc(CN2CCC(O)C2)n2ccccc12. The number of nitrogens with zero attached hydrogens (tertiary/aromatic N) is 3. The molecule has 1 fully saturated rings. The third kappa shape index (κ3) is 2.28. The van der Waals surface area contributed by atoms with Crippen LogP contribution in [0.3, 0.4) is 0 Å². The fourth-order valence-electron chi connectivity index (χ4n) is 2.62. The van der Waals surface area contributed by atoms with Crippen LogP contribution in [0.15, 0.2) is 24.4 Å². The van der Waals surface area contributed by atoms with Gasteiger partial charge >= 0.3 is 5.97 Å². The Kier molecular flexibility index (Phi) is 3.42. The average Bonchev–Trinajstić information content (AvgIpc) is 3.03. The number of imidazole rings is 1. The highest BCUT2D eigenvalue weighted by molar-refractivity contribution is 5.95. The molecule has 0 spiro atoms. The molecule has 3 rings (SSSR count). The van der Waals surface area contributed by atoms with Crippen molar-refractivity contribution in [2.75, 3.05) is 20.2 Å². The van der Waals surface area contributed by atoms with Crippen molar-refractivity contribution in [3.8, 4) is 0 Å². The molecule has 1 N–H and O–H groups in total. The van der Waals surface area contributed by atoms with Crippen LogP contribution in [-0.4, -0.2) is 51.7 Å². The summed E-state index contributed by atoms with van der Waals surface area (Å²) in [5.41, 5.74) is 1.08. The van der Waals surface area contributed by atoms with Crippen LogP contribution in [0.2, 0.25) is 0 Å². The number of rotatable bonds is 3. The van der Waals surface area contributed by atoms with E-state index in [9.17, 15) is 9.90 Å². The van der Waals surface area contributed by atoms with Gasteiger partial charge in [0.15, 0.2) is 5.69 Å². The number of fused-ring (bicyclic) bond motifs is 1. The fourth-order valence-corrected chi connectivity index (χ4v) is 2.62. The zero-order valence-corrected chi connectivity index (χ0v) is 11.3. The minimum atomic E-state index is -0.429. The number of carbonyl (C=O) groups is 1. The Morgan fingerprint density at radius 2 is 2.40 bits per heavy atom.